The second kappa shape index (κ2) is 15.1. The molecule has 0 bridgehead atoms. The van der Waals surface area contributed by atoms with Crippen LogP contribution in [0.1, 0.15) is 27.9 Å². The van der Waals surface area contributed by atoms with Crippen LogP contribution in [0.5, 0.6) is 11.5 Å². The van der Waals surface area contributed by atoms with Crippen molar-refractivity contribution >= 4 is 68.1 Å². The molecule has 0 unspecified atom stereocenters. The molecule has 10 rings (SSSR count). The summed E-state index contributed by atoms with van der Waals surface area (Å²) in [5, 5.41) is 1.95. The quantitative estimate of drug-likeness (QED) is 0.126. The van der Waals surface area contributed by atoms with Gasteiger partial charge < -0.3 is 19.1 Å². The summed E-state index contributed by atoms with van der Waals surface area (Å²) < 4.78 is 13.5. The van der Waals surface area contributed by atoms with Crippen molar-refractivity contribution in [1.82, 2.24) is 9.97 Å². The number of furan rings is 1. The molecule has 1 aliphatic heterocycles. The van der Waals surface area contributed by atoms with E-state index in [1.54, 1.807) is 6.20 Å². The molecule has 58 heavy (non-hydrogen) atoms. The number of hydrogen-bond acceptors (Lipinski definition) is 4. The van der Waals surface area contributed by atoms with Gasteiger partial charge in [-0.05, 0) is 64.2 Å². The first-order chi connectivity index (χ1) is 27.8. The van der Waals surface area contributed by atoms with E-state index in [1.165, 1.54) is 55.0 Å². The van der Waals surface area contributed by atoms with Crippen molar-refractivity contribution in [2.75, 3.05) is 0 Å². The molecule has 9 aromatic rings. The molecule has 0 radical (unpaired) electrons. The summed E-state index contributed by atoms with van der Waals surface area (Å²) in [6, 6.07) is 54.1. The largest absolute Gasteiger partial charge is 2.00 e. The second-order valence-corrected chi connectivity index (χ2v) is 15.3. The third-order valence-corrected chi connectivity index (χ3v) is 11.7. The molecule has 4 heterocycles. The molecule has 1 aliphatic rings. The normalized spacial score (nSPS) is 12.0. The van der Waals surface area contributed by atoms with Crippen LogP contribution in [0.15, 0.2) is 144 Å². The van der Waals surface area contributed by atoms with E-state index in [-0.39, 0.29) is 34.5 Å². The van der Waals surface area contributed by atoms with Crippen LogP contribution in [-0.4, -0.2) is 23.4 Å². The van der Waals surface area contributed by atoms with Gasteiger partial charge in [0, 0.05) is 28.8 Å². The van der Waals surface area contributed by atoms with Crippen molar-refractivity contribution in [2.45, 2.75) is 34.6 Å². The van der Waals surface area contributed by atoms with Crippen LogP contribution in [0, 0.1) is 46.8 Å². The van der Waals surface area contributed by atoms with E-state index in [2.05, 4.69) is 125 Å². The number of rotatable bonds is 6. The summed E-state index contributed by atoms with van der Waals surface area (Å²) in [5.41, 5.74) is 18.4. The summed E-state index contributed by atoms with van der Waals surface area (Å²) in [4.78, 5) is 9.87. The number of nitrogens with zero attached hydrogens (tertiary/aromatic N) is 2. The van der Waals surface area contributed by atoms with Crippen LogP contribution < -0.4 is 37.5 Å². The van der Waals surface area contributed by atoms with E-state index in [0.29, 0.717) is 11.5 Å². The van der Waals surface area contributed by atoms with Gasteiger partial charge in [0.25, 0.3) is 0 Å². The SMILES string of the molecule is Cc1cccc(-c2[c-]c(Oc3[c-]c(-c4ccccn4)c4oc5ccccc5c4c3)cc3c2B(c2c(C)cccc2C)c2ccccc2B3c2c(C)cccc2C)n1.[Pt+2]. The third kappa shape index (κ3) is 6.31. The summed E-state index contributed by atoms with van der Waals surface area (Å²) in [5.74, 6) is 1.15. The molecule has 0 N–H and O–H groups in total. The summed E-state index contributed by atoms with van der Waals surface area (Å²) >= 11 is 0. The van der Waals surface area contributed by atoms with Crippen LogP contribution in [0.4, 0.5) is 0 Å². The van der Waals surface area contributed by atoms with Gasteiger partial charge in [-0.2, -0.15) is 5.46 Å². The third-order valence-electron chi connectivity index (χ3n) is 11.7. The maximum Gasteiger partial charge on any atom is 2.00 e. The van der Waals surface area contributed by atoms with Gasteiger partial charge in [-0.3, -0.25) is 0 Å². The van der Waals surface area contributed by atoms with E-state index in [4.69, 9.17) is 19.1 Å². The Morgan fingerprint density at radius 2 is 1.10 bits per heavy atom. The summed E-state index contributed by atoms with van der Waals surface area (Å²) in [6.07, 6.45) is 1.79. The number of aryl methyl sites for hydroxylation is 5. The molecule has 7 heteroatoms. The number of fused-ring (bicyclic) bond motifs is 5. The number of ether oxygens (including phenoxy) is 1. The molecular formula is C51H38B2N2O2Pt. The minimum Gasteiger partial charge on any atom is -0.501 e. The predicted octanol–water partition coefficient (Wildman–Crippen LogP) is 7.99. The van der Waals surface area contributed by atoms with E-state index < -0.39 is 0 Å². The summed E-state index contributed by atoms with van der Waals surface area (Å²) in [7, 11) is 0. The van der Waals surface area contributed by atoms with Gasteiger partial charge in [-0.1, -0.05) is 176 Å². The van der Waals surface area contributed by atoms with Gasteiger partial charge in [0.15, 0.2) is 6.71 Å². The first-order valence-corrected chi connectivity index (χ1v) is 19.6. The Labute approximate surface area is 354 Å². The molecule has 0 saturated carbocycles. The molecule has 280 valence electrons. The Bertz CT molecular complexity index is 2990. The van der Waals surface area contributed by atoms with Crippen molar-refractivity contribution in [3.05, 3.63) is 180 Å². The Morgan fingerprint density at radius 1 is 0.517 bits per heavy atom. The van der Waals surface area contributed by atoms with Gasteiger partial charge in [0.05, 0.1) is 5.58 Å². The van der Waals surface area contributed by atoms with E-state index in [0.717, 1.165) is 50.1 Å². The number of benzene rings is 6. The smallest absolute Gasteiger partial charge is 0.501 e. The van der Waals surface area contributed by atoms with Gasteiger partial charge in [0.1, 0.15) is 5.58 Å². The Kier molecular flexibility index (Phi) is 9.78. The molecule has 0 spiro atoms. The molecule has 0 amide bonds. The van der Waals surface area contributed by atoms with Crippen molar-refractivity contribution in [2.24, 2.45) is 0 Å². The average Bonchev–Trinajstić information content (AvgIpc) is 3.59. The van der Waals surface area contributed by atoms with Crippen LogP contribution in [-0.2, 0) is 21.1 Å². The second-order valence-electron chi connectivity index (χ2n) is 15.3. The molecule has 0 atom stereocenters. The zero-order valence-electron chi connectivity index (χ0n) is 33.0. The molecule has 6 aromatic carbocycles. The first kappa shape index (κ1) is 37.6. The van der Waals surface area contributed by atoms with Crippen molar-refractivity contribution < 1.29 is 30.2 Å². The van der Waals surface area contributed by atoms with E-state index >= 15 is 0 Å². The van der Waals surface area contributed by atoms with E-state index in [1.807, 2.05) is 55.5 Å². The maximum absolute atomic E-state index is 7.04. The average molecular weight is 928 g/mol. The first-order valence-electron chi connectivity index (χ1n) is 19.6. The van der Waals surface area contributed by atoms with Crippen LogP contribution in [0.3, 0.4) is 0 Å². The molecule has 4 nitrogen and oxygen atoms in total. The molecule has 0 fully saturated rings. The Hall–Kier alpha value is -5.96. The molecule has 0 aliphatic carbocycles. The number of aromatic nitrogens is 2. The van der Waals surface area contributed by atoms with Gasteiger partial charge in [-0.15, -0.1) is 17.1 Å². The zero-order valence-corrected chi connectivity index (χ0v) is 35.2. The molecule has 0 saturated heterocycles. The van der Waals surface area contributed by atoms with Gasteiger partial charge >= 0.3 is 21.1 Å². The zero-order chi connectivity index (χ0) is 38.8. The fourth-order valence-corrected chi connectivity index (χ4v) is 9.22. The minimum atomic E-state index is -0.0631. The van der Waals surface area contributed by atoms with Gasteiger partial charge in [-0.25, -0.2) is 0 Å². The summed E-state index contributed by atoms with van der Waals surface area (Å²) in [6.45, 7) is 10.9. The van der Waals surface area contributed by atoms with Gasteiger partial charge in [0.2, 0.25) is 6.71 Å². The fourth-order valence-electron chi connectivity index (χ4n) is 9.22. The molecular weight excluding hydrogens is 889 g/mol. The van der Waals surface area contributed by atoms with Crippen molar-refractivity contribution in [1.29, 1.82) is 0 Å². The van der Waals surface area contributed by atoms with Crippen LogP contribution >= 0.6 is 0 Å². The maximum atomic E-state index is 7.04. The number of hydrogen-bond donors (Lipinski definition) is 0. The van der Waals surface area contributed by atoms with Crippen LogP contribution in [0.2, 0.25) is 0 Å². The Balaban J connectivity index is 0.00000436. The fraction of sp³-hybridized carbons (Fsp3) is 0.0980. The Morgan fingerprint density at radius 3 is 1.79 bits per heavy atom. The molecule has 3 aromatic heterocycles. The predicted molar refractivity (Wildman–Crippen MR) is 237 cm³/mol. The van der Waals surface area contributed by atoms with Crippen molar-refractivity contribution in [3.8, 4) is 34.0 Å². The van der Waals surface area contributed by atoms with E-state index in [9.17, 15) is 0 Å². The number of para-hydroxylation sites is 1. The topological polar surface area (TPSA) is 48.2 Å². The standard InChI is InChI=1S/C51H38B2N2O2.Pt/c1-31-15-12-16-32(2)48(31)52-42-21-7-8-22-43(42)53(49-33(3)17-13-18-34(49)4)50-40(46-24-14-19-35(5)55-46)28-37(30-44(50)52)56-36-27-39-38-20-6-9-25-47(38)57-51(39)41(29-36)45-23-10-11-26-54-45;/h6-27,30H,1-5H3;/q-2;+2. The van der Waals surface area contributed by atoms with Crippen molar-refractivity contribution in [3.63, 3.8) is 0 Å². The minimum absolute atomic E-state index is 0. The number of pyridine rings is 2. The van der Waals surface area contributed by atoms with Crippen LogP contribution in [0.25, 0.3) is 44.5 Å². The monoisotopic (exact) mass is 927 g/mol.